The van der Waals surface area contributed by atoms with Gasteiger partial charge in [0.15, 0.2) is 0 Å². The summed E-state index contributed by atoms with van der Waals surface area (Å²) >= 11 is 0. The largest absolute Gasteiger partial charge is 2.00 e. The Hall–Kier alpha value is -4.73. The van der Waals surface area contributed by atoms with E-state index >= 15 is 0 Å². The summed E-state index contributed by atoms with van der Waals surface area (Å²) in [6, 6.07) is 39.0. The van der Waals surface area contributed by atoms with Crippen molar-refractivity contribution in [2.24, 2.45) is 0 Å². The maximum absolute atomic E-state index is 6.52. The van der Waals surface area contributed by atoms with Crippen molar-refractivity contribution < 1.29 is 34.6 Å². The van der Waals surface area contributed by atoms with Gasteiger partial charge in [0.1, 0.15) is 11.2 Å². The molecule has 4 aromatic heterocycles. The van der Waals surface area contributed by atoms with E-state index in [0.29, 0.717) is 11.8 Å². The van der Waals surface area contributed by atoms with E-state index in [1.807, 2.05) is 72.8 Å². The Balaban J connectivity index is 0.00000338. The van der Waals surface area contributed by atoms with E-state index in [-0.39, 0.29) is 32.9 Å². The van der Waals surface area contributed by atoms with Crippen molar-refractivity contribution in [3.8, 4) is 34.3 Å². The van der Waals surface area contributed by atoms with Crippen molar-refractivity contribution in [2.45, 2.75) is 39.5 Å². The number of rotatable bonds is 6. The predicted molar refractivity (Wildman–Crippen MR) is 180 cm³/mol. The van der Waals surface area contributed by atoms with Crippen LogP contribution < -0.4 is 4.74 Å². The van der Waals surface area contributed by atoms with Crippen LogP contribution in [0.5, 0.6) is 11.8 Å². The summed E-state index contributed by atoms with van der Waals surface area (Å²) in [4.78, 5) is 9.96. The number of hydrogen-bond acceptors (Lipinski definition) is 5. The molecule has 0 saturated carbocycles. The van der Waals surface area contributed by atoms with Gasteiger partial charge in [-0.2, -0.15) is 0 Å². The van der Waals surface area contributed by atoms with Crippen molar-refractivity contribution in [3.63, 3.8) is 0 Å². The molecule has 0 atom stereocenters. The van der Waals surface area contributed by atoms with Gasteiger partial charge in [-0.25, -0.2) is 0 Å². The van der Waals surface area contributed by atoms with E-state index in [1.54, 1.807) is 0 Å². The Morgan fingerprint density at radius 3 is 1.43 bits per heavy atom. The molecule has 0 aliphatic carbocycles. The minimum absolute atomic E-state index is 0. The van der Waals surface area contributed by atoms with E-state index in [4.69, 9.17) is 23.5 Å². The third kappa shape index (κ3) is 5.19. The number of ether oxygens (including phenoxy) is 1. The van der Waals surface area contributed by atoms with Crippen LogP contribution >= 0.6 is 0 Å². The number of nitrogens with zero attached hydrogens (tertiary/aromatic N) is 2. The number of benzene rings is 4. The van der Waals surface area contributed by atoms with Gasteiger partial charge in [0.25, 0.3) is 0 Å². The molecule has 0 fully saturated rings. The minimum Gasteiger partial charge on any atom is -0.501 e. The van der Waals surface area contributed by atoms with Gasteiger partial charge in [0.2, 0.25) is 11.8 Å². The molecule has 0 aliphatic rings. The van der Waals surface area contributed by atoms with E-state index < -0.39 is 0 Å². The fourth-order valence-electron chi connectivity index (χ4n) is 5.95. The zero-order chi connectivity index (χ0) is 30.7. The van der Waals surface area contributed by atoms with Gasteiger partial charge >= 0.3 is 21.1 Å². The van der Waals surface area contributed by atoms with Crippen LogP contribution in [0.2, 0.25) is 0 Å². The van der Waals surface area contributed by atoms with E-state index in [9.17, 15) is 0 Å². The molecule has 0 bridgehead atoms. The van der Waals surface area contributed by atoms with Gasteiger partial charge in [-0.3, -0.25) is 9.97 Å². The van der Waals surface area contributed by atoms with Gasteiger partial charge in [-0.05, 0) is 46.5 Å². The topological polar surface area (TPSA) is 61.3 Å². The molecular weight excluding hydrogens is 752 g/mol. The van der Waals surface area contributed by atoms with Crippen molar-refractivity contribution in [1.29, 1.82) is 0 Å². The molecule has 0 aliphatic heterocycles. The first-order chi connectivity index (χ1) is 21.9. The SMILES string of the molecule is CC(C)c1cc(Oc2cc(C(C)C)cc(-c3[c-]ccc4c3oc3ccccc34)n2)nc(-c2[c-]ccc3c2oc2ccccc23)c1.[Pt+2]. The Bertz CT molecular complexity index is 2220. The van der Waals surface area contributed by atoms with Crippen molar-refractivity contribution in [3.05, 3.63) is 120 Å². The summed E-state index contributed by atoms with van der Waals surface area (Å²) in [7, 11) is 0. The zero-order valence-corrected chi connectivity index (χ0v) is 28.1. The van der Waals surface area contributed by atoms with Crippen LogP contribution in [0.4, 0.5) is 0 Å². The standard InChI is InChI=1S/C40H30N2O3.Pt/c1-23(2)25-19-33(31-15-9-13-29-27-11-5-7-17-35(27)43-39(29)31)41-37(21-25)45-38-22-26(24(3)4)20-34(42-38)32-16-10-14-30-28-12-6-8-18-36(28)44-40(30)32;/h5-14,17-24H,1-4H3;/q-2;+2. The molecule has 46 heavy (non-hydrogen) atoms. The van der Waals surface area contributed by atoms with E-state index in [2.05, 4.69) is 64.1 Å². The summed E-state index contributed by atoms with van der Waals surface area (Å²) in [6.45, 7) is 8.64. The molecule has 4 heterocycles. The Labute approximate surface area is 281 Å². The quantitative estimate of drug-likeness (QED) is 0.157. The Kier molecular flexibility index (Phi) is 7.74. The molecule has 0 N–H and O–H groups in total. The summed E-state index contributed by atoms with van der Waals surface area (Å²) in [5.74, 6) is 1.41. The molecular formula is C40H30N2O3Pt. The first kappa shape index (κ1) is 30.0. The van der Waals surface area contributed by atoms with Crippen LogP contribution in [0.1, 0.15) is 50.7 Å². The first-order valence-corrected chi connectivity index (χ1v) is 15.3. The third-order valence-electron chi connectivity index (χ3n) is 8.38. The predicted octanol–water partition coefficient (Wildman–Crippen LogP) is 11.2. The molecule has 0 unspecified atom stereocenters. The maximum atomic E-state index is 6.52. The van der Waals surface area contributed by atoms with Crippen LogP contribution in [0.15, 0.2) is 106 Å². The molecule has 5 nitrogen and oxygen atoms in total. The van der Waals surface area contributed by atoms with Crippen LogP contribution in [0, 0.1) is 12.1 Å². The van der Waals surface area contributed by atoms with Crippen LogP contribution in [-0.4, -0.2) is 9.97 Å². The van der Waals surface area contributed by atoms with E-state index in [0.717, 1.165) is 77.5 Å². The summed E-state index contributed by atoms with van der Waals surface area (Å²) in [5, 5.41) is 4.20. The average molecular weight is 782 g/mol. The number of aromatic nitrogens is 2. The number of para-hydroxylation sites is 2. The van der Waals surface area contributed by atoms with E-state index in [1.165, 1.54) is 0 Å². The molecule has 0 spiro atoms. The fraction of sp³-hybridized carbons (Fsp3) is 0.150. The van der Waals surface area contributed by atoms with Crippen molar-refractivity contribution >= 4 is 43.9 Å². The molecule has 0 radical (unpaired) electrons. The van der Waals surface area contributed by atoms with Crippen LogP contribution in [0.25, 0.3) is 66.4 Å². The van der Waals surface area contributed by atoms with Gasteiger partial charge < -0.3 is 13.6 Å². The average Bonchev–Trinajstić information content (AvgIpc) is 3.63. The summed E-state index contributed by atoms with van der Waals surface area (Å²) in [6.07, 6.45) is 0. The molecule has 0 amide bonds. The summed E-state index contributed by atoms with van der Waals surface area (Å²) in [5.41, 5.74) is 8.45. The smallest absolute Gasteiger partial charge is 0.501 e. The second-order valence-electron chi connectivity index (χ2n) is 12.0. The van der Waals surface area contributed by atoms with Gasteiger partial charge in [0.05, 0.1) is 11.2 Å². The normalized spacial score (nSPS) is 11.7. The van der Waals surface area contributed by atoms with Crippen LogP contribution in [0.3, 0.4) is 0 Å². The Morgan fingerprint density at radius 2 is 1.00 bits per heavy atom. The monoisotopic (exact) mass is 781 g/mol. The van der Waals surface area contributed by atoms with Gasteiger partial charge in [-0.1, -0.05) is 98.1 Å². The number of fused-ring (bicyclic) bond motifs is 6. The van der Waals surface area contributed by atoms with Gasteiger partial charge in [0, 0.05) is 22.9 Å². The first-order valence-electron chi connectivity index (χ1n) is 15.3. The second-order valence-corrected chi connectivity index (χ2v) is 12.0. The molecule has 6 heteroatoms. The number of hydrogen-bond donors (Lipinski definition) is 0. The minimum atomic E-state index is 0. The Morgan fingerprint density at radius 1 is 0.565 bits per heavy atom. The zero-order valence-electron chi connectivity index (χ0n) is 25.8. The second kappa shape index (κ2) is 11.9. The van der Waals surface area contributed by atoms with Crippen molar-refractivity contribution in [2.75, 3.05) is 0 Å². The van der Waals surface area contributed by atoms with Crippen molar-refractivity contribution in [1.82, 2.24) is 9.97 Å². The molecule has 228 valence electrons. The van der Waals surface area contributed by atoms with Gasteiger partial charge in [-0.15, -0.1) is 36.4 Å². The third-order valence-corrected chi connectivity index (χ3v) is 8.38. The van der Waals surface area contributed by atoms with Crippen LogP contribution in [-0.2, 0) is 21.1 Å². The molecule has 8 aromatic rings. The summed E-state index contributed by atoms with van der Waals surface area (Å²) < 4.78 is 19.2. The fourth-order valence-corrected chi connectivity index (χ4v) is 5.95. The number of pyridine rings is 2. The molecule has 4 aromatic carbocycles. The number of furan rings is 2. The maximum Gasteiger partial charge on any atom is 2.00 e. The molecule has 0 saturated heterocycles. The molecule has 8 rings (SSSR count).